The molecule has 0 fully saturated rings. The lowest BCUT2D eigenvalue weighted by Crippen LogP contribution is -2.53. The van der Waals surface area contributed by atoms with Crippen LogP contribution in [0.3, 0.4) is 0 Å². The molecule has 0 aromatic heterocycles. The van der Waals surface area contributed by atoms with Crippen molar-refractivity contribution < 1.29 is 9.18 Å². The van der Waals surface area contributed by atoms with E-state index in [1.165, 1.54) is 12.1 Å². The highest BCUT2D eigenvalue weighted by Crippen LogP contribution is 2.25. The molecule has 0 aliphatic heterocycles. The van der Waals surface area contributed by atoms with E-state index in [4.69, 9.17) is 5.73 Å². The number of rotatable bonds is 7. The van der Waals surface area contributed by atoms with Crippen LogP contribution in [0.2, 0.25) is 0 Å². The minimum atomic E-state index is -1.02. The van der Waals surface area contributed by atoms with Crippen molar-refractivity contribution in [2.75, 3.05) is 27.2 Å². The van der Waals surface area contributed by atoms with E-state index in [1.54, 1.807) is 12.1 Å². The summed E-state index contributed by atoms with van der Waals surface area (Å²) in [6, 6.07) is 6.02. The Morgan fingerprint density at radius 2 is 2.16 bits per heavy atom. The van der Waals surface area contributed by atoms with E-state index in [0.29, 0.717) is 18.5 Å². The lowest BCUT2D eigenvalue weighted by Gasteiger charge is -2.32. The molecular weight excluding hydrogens is 245 g/mol. The lowest BCUT2D eigenvalue weighted by molar-refractivity contribution is -0.125. The number of hydrogen-bond donors (Lipinski definition) is 2. The van der Waals surface area contributed by atoms with E-state index >= 15 is 0 Å². The molecule has 19 heavy (non-hydrogen) atoms. The maximum absolute atomic E-state index is 13.4. The summed E-state index contributed by atoms with van der Waals surface area (Å²) in [5.41, 5.74) is 5.10. The van der Waals surface area contributed by atoms with E-state index in [0.717, 1.165) is 6.54 Å². The van der Waals surface area contributed by atoms with Gasteiger partial charge in [-0.05, 0) is 38.2 Å². The first kappa shape index (κ1) is 15.6. The second-order valence-corrected chi connectivity index (χ2v) is 4.86. The van der Waals surface area contributed by atoms with Crippen molar-refractivity contribution in [3.8, 4) is 0 Å². The summed E-state index contributed by atoms with van der Waals surface area (Å²) in [5.74, 6) is -0.856. The van der Waals surface area contributed by atoms with Gasteiger partial charge in [0.1, 0.15) is 11.4 Å². The fraction of sp³-hybridized carbons (Fsp3) is 0.500. The molecule has 1 aromatic carbocycles. The predicted octanol–water partition coefficient (Wildman–Crippen LogP) is 1.07. The van der Waals surface area contributed by atoms with Crippen LogP contribution in [0, 0.1) is 5.82 Å². The Bertz CT molecular complexity index is 436. The molecule has 0 spiro atoms. The number of nitrogens with two attached hydrogens (primary N) is 1. The molecule has 106 valence electrons. The molecule has 0 saturated heterocycles. The molecule has 0 saturated carbocycles. The zero-order chi connectivity index (χ0) is 14.5. The van der Waals surface area contributed by atoms with Crippen LogP contribution in [-0.4, -0.2) is 38.0 Å². The van der Waals surface area contributed by atoms with Gasteiger partial charge in [-0.3, -0.25) is 10.1 Å². The second kappa shape index (κ2) is 6.63. The lowest BCUT2D eigenvalue weighted by atomic mass is 9.86. The van der Waals surface area contributed by atoms with Crippen molar-refractivity contribution in [1.29, 1.82) is 0 Å². The summed E-state index contributed by atoms with van der Waals surface area (Å²) < 4.78 is 13.4. The normalized spacial score (nSPS) is 14.4. The molecule has 1 atom stereocenters. The van der Waals surface area contributed by atoms with Gasteiger partial charge in [0, 0.05) is 13.1 Å². The van der Waals surface area contributed by atoms with Gasteiger partial charge in [-0.1, -0.05) is 19.1 Å². The fourth-order valence-corrected chi connectivity index (χ4v) is 2.08. The van der Waals surface area contributed by atoms with Crippen molar-refractivity contribution >= 4 is 5.91 Å². The van der Waals surface area contributed by atoms with Crippen LogP contribution in [0.15, 0.2) is 24.3 Å². The molecule has 0 aliphatic carbocycles. The van der Waals surface area contributed by atoms with E-state index in [-0.39, 0.29) is 5.82 Å². The molecule has 4 nitrogen and oxygen atoms in total. The van der Waals surface area contributed by atoms with Crippen molar-refractivity contribution in [3.63, 3.8) is 0 Å². The number of nitrogens with zero attached hydrogens (tertiary/aromatic N) is 1. The van der Waals surface area contributed by atoms with Crippen molar-refractivity contribution in [3.05, 3.63) is 35.6 Å². The van der Waals surface area contributed by atoms with Gasteiger partial charge in [0.2, 0.25) is 5.91 Å². The van der Waals surface area contributed by atoms with Crippen LogP contribution in [0.4, 0.5) is 4.39 Å². The van der Waals surface area contributed by atoms with Gasteiger partial charge in [0.25, 0.3) is 0 Å². The Morgan fingerprint density at radius 3 is 2.63 bits per heavy atom. The summed E-state index contributed by atoms with van der Waals surface area (Å²) in [6.45, 7) is 3.23. The molecule has 5 heteroatoms. The van der Waals surface area contributed by atoms with Crippen LogP contribution < -0.4 is 11.1 Å². The monoisotopic (exact) mass is 267 g/mol. The van der Waals surface area contributed by atoms with Gasteiger partial charge in [-0.2, -0.15) is 0 Å². The number of nitrogens with one attached hydrogen (secondary N) is 1. The van der Waals surface area contributed by atoms with Gasteiger partial charge < -0.3 is 10.6 Å². The minimum absolute atomic E-state index is 0.369. The number of carbonyl (C=O) groups is 1. The van der Waals surface area contributed by atoms with Crippen LogP contribution in [0.5, 0.6) is 0 Å². The van der Waals surface area contributed by atoms with Crippen LogP contribution in [-0.2, 0) is 10.3 Å². The molecule has 1 amide bonds. The van der Waals surface area contributed by atoms with Gasteiger partial charge in [-0.15, -0.1) is 0 Å². The first-order chi connectivity index (χ1) is 8.92. The SMILES string of the molecule is CCC(NCCN(C)C)(C(N)=O)c1cccc(F)c1. The predicted molar refractivity (Wildman–Crippen MR) is 74.1 cm³/mol. The molecule has 0 aliphatic rings. The Hall–Kier alpha value is -1.46. The summed E-state index contributed by atoms with van der Waals surface area (Å²) in [6.07, 6.45) is 0.471. The van der Waals surface area contributed by atoms with Crippen molar-refractivity contribution in [2.24, 2.45) is 5.73 Å². The average molecular weight is 267 g/mol. The number of hydrogen-bond acceptors (Lipinski definition) is 3. The van der Waals surface area contributed by atoms with Gasteiger partial charge in [0.15, 0.2) is 0 Å². The Labute approximate surface area is 113 Å². The van der Waals surface area contributed by atoms with Crippen molar-refractivity contribution in [1.82, 2.24) is 10.2 Å². The number of primary amides is 1. The minimum Gasteiger partial charge on any atom is -0.368 e. The topological polar surface area (TPSA) is 58.4 Å². The van der Waals surface area contributed by atoms with E-state index in [2.05, 4.69) is 5.32 Å². The molecule has 1 aromatic rings. The summed E-state index contributed by atoms with van der Waals surface area (Å²) >= 11 is 0. The highest BCUT2D eigenvalue weighted by molar-refractivity contribution is 5.86. The fourth-order valence-electron chi connectivity index (χ4n) is 2.08. The molecule has 0 radical (unpaired) electrons. The second-order valence-electron chi connectivity index (χ2n) is 4.86. The Kier molecular flexibility index (Phi) is 5.44. The molecule has 1 rings (SSSR count). The van der Waals surface area contributed by atoms with E-state index in [1.807, 2.05) is 25.9 Å². The van der Waals surface area contributed by atoms with Crippen LogP contribution >= 0.6 is 0 Å². The summed E-state index contributed by atoms with van der Waals surface area (Å²) in [5, 5.41) is 3.17. The highest BCUT2D eigenvalue weighted by Gasteiger charge is 2.36. The zero-order valence-electron chi connectivity index (χ0n) is 11.7. The standard InChI is InChI=1S/C14H22FN3O/c1-4-14(13(16)19,17-8-9-18(2)3)11-6-5-7-12(15)10-11/h5-7,10,17H,4,8-9H2,1-3H3,(H2,16,19). The number of amides is 1. The van der Waals surface area contributed by atoms with Crippen LogP contribution in [0.1, 0.15) is 18.9 Å². The van der Waals surface area contributed by atoms with Crippen molar-refractivity contribution in [2.45, 2.75) is 18.9 Å². The molecule has 0 heterocycles. The maximum Gasteiger partial charge on any atom is 0.242 e. The zero-order valence-corrected chi connectivity index (χ0v) is 11.7. The maximum atomic E-state index is 13.4. The smallest absolute Gasteiger partial charge is 0.242 e. The largest absolute Gasteiger partial charge is 0.368 e. The third-order valence-corrected chi connectivity index (χ3v) is 3.25. The van der Waals surface area contributed by atoms with Gasteiger partial charge in [0.05, 0.1) is 0 Å². The number of benzene rings is 1. The summed E-state index contributed by atoms with van der Waals surface area (Å²) in [7, 11) is 3.89. The number of halogens is 1. The Balaban J connectivity index is 3.02. The highest BCUT2D eigenvalue weighted by atomic mass is 19.1. The first-order valence-electron chi connectivity index (χ1n) is 6.38. The quantitative estimate of drug-likeness (QED) is 0.777. The third-order valence-electron chi connectivity index (χ3n) is 3.25. The van der Waals surface area contributed by atoms with Gasteiger partial charge in [-0.25, -0.2) is 4.39 Å². The molecule has 3 N–H and O–H groups in total. The summed E-state index contributed by atoms with van der Waals surface area (Å²) in [4.78, 5) is 13.9. The van der Waals surface area contributed by atoms with E-state index in [9.17, 15) is 9.18 Å². The third kappa shape index (κ3) is 3.75. The van der Waals surface area contributed by atoms with Crippen LogP contribution in [0.25, 0.3) is 0 Å². The number of carbonyl (C=O) groups excluding carboxylic acids is 1. The molecular formula is C14H22FN3O. The van der Waals surface area contributed by atoms with Gasteiger partial charge >= 0.3 is 0 Å². The van der Waals surface area contributed by atoms with E-state index < -0.39 is 11.4 Å². The first-order valence-corrected chi connectivity index (χ1v) is 6.38. The number of likely N-dealkylation sites (N-methyl/N-ethyl adjacent to an activating group) is 1. The molecule has 0 bridgehead atoms. The Morgan fingerprint density at radius 1 is 1.47 bits per heavy atom. The molecule has 1 unspecified atom stereocenters. The average Bonchev–Trinajstić information content (AvgIpc) is 2.34.